The third kappa shape index (κ3) is 2.70. The molecule has 0 fully saturated rings. The molecule has 0 saturated carbocycles. The minimum Gasteiger partial charge on any atom is -0.295 e. The van der Waals surface area contributed by atoms with Gasteiger partial charge in [-0.3, -0.25) is 9.67 Å². The van der Waals surface area contributed by atoms with Crippen molar-refractivity contribution in [1.29, 1.82) is 0 Å². The van der Waals surface area contributed by atoms with E-state index in [0.29, 0.717) is 4.77 Å². The molecule has 0 spiro atoms. The summed E-state index contributed by atoms with van der Waals surface area (Å²) in [4.78, 5) is 1.24. The van der Waals surface area contributed by atoms with Crippen LogP contribution in [0.5, 0.6) is 0 Å². The van der Waals surface area contributed by atoms with Gasteiger partial charge in [0.25, 0.3) is 0 Å². The van der Waals surface area contributed by atoms with Gasteiger partial charge in [0.05, 0.1) is 10.3 Å². The lowest BCUT2D eigenvalue weighted by Crippen LogP contribution is -2.00. The summed E-state index contributed by atoms with van der Waals surface area (Å²) in [6.45, 7) is 0.732. The smallest absolute Gasteiger partial charge is 0.195 e. The zero-order chi connectivity index (χ0) is 13.2. The highest BCUT2D eigenvalue weighted by molar-refractivity contribution is 9.11. The van der Waals surface area contributed by atoms with E-state index in [1.165, 1.54) is 4.88 Å². The van der Waals surface area contributed by atoms with Gasteiger partial charge in [-0.25, -0.2) is 0 Å². The summed E-state index contributed by atoms with van der Waals surface area (Å²) >= 11 is 10.5. The minimum atomic E-state index is 0.642. The largest absolute Gasteiger partial charge is 0.295 e. The molecule has 0 bridgehead atoms. The molecule has 3 nitrogen and oxygen atoms in total. The minimum absolute atomic E-state index is 0.642. The Hall–Kier alpha value is -1.24. The van der Waals surface area contributed by atoms with Gasteiger partial charge in [-0.1, -0.05) is 30.3 Å². The second-order valence-electron chi connectivity index (χ2n) is 4.01. The van der Waals surface area contributed by atoms with Crippen molar-refractivity contribution in [2.45, 2.75) is 6.54 Å². The number of thiophene rings is 1. The standard InChI is InChI=1S/C13H10BrN3S2/c14-11-7-6-10(19-11)8-17-12(15-16-13(17)18)9-4-2-1-3-5-9/h1-7H,8H2,(H,16,18). The van der Waals surface area contributed by atoms with Crippen LogP contribution in [0.25, 0.3) is 11.4 Å². The van der Waals surface area contributed by atoms with Crippen LogP contribution < -0.4 is 0 Å². The average molecular weight is 352 g/mol. The fraction of sp³-hybridized carbons (Fsp3) is 0.0769. The van der Waals surface area contributed by atoms with Gasteiger partial charge in [-0.15, -0.1) is 11.3 Å². The van der Waals surface area contributed by atoms with Crippen LogP contribution in [0.1, 0.15) is 4.88 Å². The molecule has 0 aliphatic heterocycles. The Morgan fingerprint density at radius 2 is 2.00 bits per heavy atom. The maximum atomic E-state index is 5.32. The Morgan fingerprint density at radius 1 is 1.21 bits per heavy atom. The molecule has 3 rings (SSSR count). The molecule has 2 heterocycles. The maximum Gasteiger partial charge on any atom is 0.195 e. The molecule has 0 amide bonds. The van der Waals surface area contributed by atoms with E-state index in [1.54, 1.807) is 11.3 Å². The molecule has 2 aromatic heterocycles. The number of rotatable bonds is 3. The van der Waals surface area contributed by atoms with E-state index in [0.717, 1.165) is 21.7 Å². The van der Waals surface area contributed by atoms with E-state index < -0.39 is 0 Å². The van der Waals surface area contributed by atoms with Crippen LogP contribution in [0.15, 0.2) is 46.3 Å². The van der Waals surface area contributed by atoms with Crippen LogP contribution in [0.2, 0.25) is 0 Å². The third-order valence-electron chi connectivity index (χ3n) is 2.73. The number of nitrogens with zero attached hydrogens (tertiary/aromatic N) is 2. The van der Waals surface area contributed by atoms with Gasteiger partial charge in [0.15, 0.2) is 10.6 Å². The Kier molecular flexibility index (Phi) is 3.63. The average Bonchev–Trinajstić information content (AvgIpc) is 2.99. The number of H-pyrrole nitrogens is 1. The lowest BCUT2D eigenvalue weighted by atomic mass is 10.2. The summed E-state index contributed by atoms with van der Waals surface area (Å²) < 4.78 is 3.78. The first-order chi connectivity index (χ1) is 9.24. The van der Waals surface area contributed by atoms with Gasteiger partial charge in [0.2, 0.25) is 0 Å². The first-order valence-electron chi connectivity index (χ1n) is 5.69. The van der Waals surface area contributed by atoms with Gasteiger partial charge >= 0.3 is 0 Å². The normalized spacial score (nSPS) is 10.8. The summed E-state index contributed by atoms with van der Waals surface area (Å²) in [5.41, 5.74) is 1.06. The Morgan fingerprint density at radius 3 is 2.68 bits per heavy atom. The molecule has 1 aromatic carbocycles. The van der Waals surface area contributed by atoms with Crippen molar-refractivity contribution in [3.63, 3.8) is 0 Å². The van der Waals surface area contributed by atoms with E-state index >= 15 is 0 Å². The van der Waals surface area contributed by atoms with Gasteiger partial charge in [0.1, 0.15) is 0 Å². The first kappa shape index (κ1) is 12.8. The van der Waals surface area contributed by atoms with E-state index in [1.807, 2.05) is 41.0 Å². The first-order valence-corrected chi connectivity index (χ1v) is 7.70. The number of hydrogen-bond donors (Lipinski definition) is 1. The molecular formula is C13H10BrN3S2. The quantitative estimate of drug-likeness (QED) is 0.705. The highest BCUT2D eigenvalue weighted by Crippen LogP contribution is 2.25. The van der Waals surface area contributed by atoms with E-state index in [4.69, 9.17) is 12.2 Å². The zero-order valence-electron chi connectivity index (χ0n) is 9.84. The monoisotopic (exact) mass is 351 g/mol. The van der Waals surface area contributed by atoms with Gasteiger partial charge in [-0.2, -0.15) is 5.10 Å². The molecule has 0 aliphatic carbocycles. The number of benzene rings is 1. The highest BCUT2D eigenvalue weighted by Gasteiger charge is 2.09. The predicted molar refractivity (Wildman–Crippen MR) is 84.0 cm³/mol. The zero-order valence-corrected chi connectivity index (χ0v) is 13.1. The molecule has 1 N–H and O–H groups in total. The van der Waals surface area contributed by atoms with Crippen molar-refractivity contribution < 1.29 is 0 Å². The molecule has 3 aromatic rings. The van der Waals surface area contributed by atoms with Crippen molar-refractivity contribution in [3.05, 3.63) is 55.9 Å². The lowest BCUT2D eigenvalue weighted by Gasteiger charge is -2.05. The molecule has 0 unspecified atom stereocenters. The van der Waals surface area contributed by atoms with Crippen LogP contribution in [-0.4, -0.2) is 14.8 Å². The second kappa shape index (κ2) is 5.40. The Balaban J connectivity index is 2.02. The molecule has 0 aliphatic rings. The van der Waals surface area contributed by atoms with Crippen molar-refractivity contribution in [1.82, 2.24) is 14.8 Å². The van der Waals surface area contributed by atoms with Crippen LogP contribution in [0.3, 0.4) is 0 Å². The van der Waals surface area contributed by atoms with Crippen molar-refractivity contribution in [2.75, 3.05) is 0 Å². The van der Waals surface area contributed by atoms with E-state index in [9.17, 15) is 0 Å². The van der Waals surface area contributed by atoms with Crippen LogP contribution in [0.4, 0.5) is 0 Å². The summed E-state index contributed by atoms with van der Waals surface area (Å²) in [6.07, 6.45) is 0. The van der Waals surface area contributed by atoms with Crippen molar-refractivity contribution in [3.8, 4) is 11.4 Å². The second-order valence-corrected chi connectivity index (χ2v) is 6.94. The van der Waals surface area contributed by atoms with Gasteiger partial charge in [0, 0.05) is 10.4 Å². The topological polar surface area (TPSA) is 33.6 Å². The molecule has 6 heteroatoms. The number of hydrogen-bond acceptors (Lipinski definition) is 3. The van der Waals surface area contributed by atoms with Crippen LogP contribution in [-0.2, 0) is 6.54 Å². The summed E-state index contributed by atoms with van der Waals surface area (Å²) in [6, 6.07) is 14.2. The molecule has 0 saturated heterocycles. The molecule has 0 atom stereocenters. The van der Waals surface area contributed by atoms with Crippen LogP contribution in [0, 0.1) is 4.77 Å². The SMILES string of the molecule is S=c1[nH]nc(-c2ccccc2)n1Cc1ccc(Br)s1. The number of aromatic nitrogens is 3. The van der Waals surface area contributed by atoms with Crippen LogP contribution >= 0.6 is 39.5 Å². The summed E-state index contributed by atoms with van der Waals surface area (Å²) in [5.74, 6) is 0.870. The maximum absolute atomic E-state index is 5.32. The predicted octanol–water partition coefficient (Wildman–Crippen LogP) is 4.48. The lowest BCUT2D eigenvalue weighted by molar-refractivity contribution is 0.802. The molecule has 96 valence electrons. The number of nitrogens with one attached hydrogen (secondary N) is 1. The third-order valence-corrected chi connectivity index (χ3v) is 4.65. The Labute approximate surface area is 128 Å². The molecule has 0 radical (unpaired) electrons. The number of halogens is 1. The Bertz CT molecular complexity index is 743. The fourth-order valence-corrected chi connectivity index (χ4v) is 3.53. The van der Waals surface area contributed by atoms with Gasteiger partial charge in [-0.05, 0) is 40.3 Å². The van der Waals surface area contributed by atoms with Crippen molar-refractivity contribution in [2.24, 2.45) is 0 Å². The van der Waals surface area contributed by atoms with E-state index in [2.05, 4.69) is 32.2 Å². The fourth-order valence-electron chi connectivity index (χ4n) is 1.86. The van der Waals surface area contributed by atoms with Gasteiger partial charge < -0.3 is 0 Å². The van der Waals surface area contributed by atoms with E-state index in [-0.39, 0.29) is 0 Å². The summed E-state index contributed by atoms with van der Waals surface area (Å²) in [7, 11) is 0. The molecular weight excluding hydrogens is 342 g/mol. The number of aromatic amines is 1. The molecule has 19 heavy (non-hydrogen) atoms. The van der Waals surface area contributed by atoms with Crippen molar-refractivity contribution >= 4 is 39.5 Å². The highest BCUT2D eigenvalue weighted by atomic mass is 79.9. The summed E-state index contributed by atoms with van der Waals surface area (Å²) in [5, 5.41) is 7.20.